The number of halogens is 1. The minimum absolute atomic E-state index is 0.404. The summed E-state index contributed by atoms with van der Waals surface area (Å²) in [4.78, 5) is 0. The molecule has 0 amide bonds. The molecule has 1 aliphatic rings. The first-order chi connectivity index (χ1) is 7.31. The zero-order valence-corrected chi connectivity index (χ0v) is 10.3. The molecule has 2 N–H and O–H groups in total. The fourth-order valence-electron chi connectivity index (χ4n) is 1.79. The Labute approximate surface area is 98.3 Å². The molecule has 0 unspecified atom stereocenters. The second-order valence-corrected chi connectivity index (χ2v) is 4.46. The molecule has 0 saturated carbocycles. The van der Waals surface area contributed by atoms with Crippen molar-refractivity contribution in [1.29, 1.82) is 0 Å². The molecule has 82 valence electrons. The van der Waals surface area contributed by atoms with E-state index >= 15 is 0 Å². The first-order valence-corrected chi connectivity index (χ1v) is 5.88. The van der Waals surface area contributed by atoms with Crippen LogP contribution in [-0.4, -0.2) is 26.7 Å². The van der Waals surface area contributed by atoms with Crippen molar-refractivity contribution in [2.45, 2.75) is 6.04 Å². The van der Waals surface area contributed by atoms with Gasteiger partial charge in [0, 0.05) is 25.7 Å². The van der Waals surface area contributed by atoms with Crippen molar-refractivity contribution in [3.8, 4) is 5.75 Å². The van der Waals surface area contributed by atoms with E-state index in [-0.39, 0.29) is 0 Å². The fourth-order valence-corrected chi connectivity index (χ4v) is 2.35. The zero-order valence-electron chi connectivity index (χ0n) is 8.72. The van der Waals surface area contributed by atoms with Gasteiger partial charge >= 0.3 is 0 Å². The Hall–Kier alpha value is -0.580. The van der Waals surface area contributed by atoms with Crippen LogP contribution in [0.2, 0.25) is 0 Å². The Morgan fingerprint density at radius 2 is 2.27 bits per heavy atom. The first-order valence-electron chi connectivity index (χ1n) is 5.09. The van der Waals surface area contributed by atoms with Gasteiger partial charge in [-0.3, -0.25) is 0 Å². The summed E-state index contributed by atoms with van der Waals surface area (Å²) in [6.45, 7) is 3.06. The van der Waals surface area contributed by atoms with E-state index in [1.54, 1.807) is 7.11 Å². The lowest BCUT2D eigenvalue weighted by Crippen LogP contribution is -2.42. The third-order valence-electron chi connectivity index (χ3n) is 2.62. The molecule has 4 heteroatoms. The molecule has 0 aliphatic carbocycles. The van der Waals surface area contributed by atoms with Crippen molar-refractivity contribution in [3.05, 3.63) is 28.2 Å². The third-order valence-corrected chi connectivity index (χ3v) is 3.24. The molecule has 1 atom stereocenters. The van der Waals surface area contributed by atoms with Gasteiger partial charge < -0.3 is 15.4 Å². The van der Waals surface area contributed by atoms with Crippen molar-refractivity contribution in [2.75, 3.05) is 26.7 Å². The molecule has 0 radical (unpaired) electrons. The van der Waals surface area contributed by atoms with E-state index in [1.807, 2.05) is 6.07 Å². The average molecular weight is 271 g/mol. The second kappa shape index (κ2) is 4.96. The maximum Gasteiger partial charge on any atom is 0.133 e. The molecular weight excluding hydrogens is 256 g/mol. The van der Waals surface area contributed by atoms with Crippen LogP contribution in [0.4, 0.5) is 0 Å². The SMILES string of the molecule is COc1ccc([C@H]2CNCCN2)cc1Br. The second-order valence-electron chi connectivity index (χ2n) is 3.60. The number of rotatable bonds is 2. The number of hydrogen-bond donors (Lipinski definition) is 2. The summed E-state index contributed by atoms with van der Waals surface area (Å²) in [5.41, 5.74) is 1.29. The summed E-state index contributed by atoms with van der Waals surface area (Å²) in [6.07, 6.45) is 0. The normalized spacial score (nSPS) is 21.3. The van der Waals surface area contributed by atoms with E-state index in [9.17, 15) is 0 Å². The lowest BCUT2D eigenvalue weighted by atomic mass is 10.1. The smallest absolute Gasteiger partial charge is 0.133 e. The van der Waals surface area contributed by atoms with Crippen LogP contribution in [0, 0.1) is 0 Å². The van der Waals surface area contributed by atoms with Gasteiger partial charge in [-0.25, -0.2) is 0 Å². The van der Waals surface area contributed by atoms with Crippen molar-refractivity contribution in [2.24, 2.45) is 0 Å². The van der Waals surface area contributed by atoms with Crippen molar-refractivity contribution < 1.29 is 4.74 Å². The summed E-state index contributed by atoms with van der Waals surface area (Å²) in [7, 11) is 1.68. The maximum atomic E-state index is 5.20. The highest BCUT2D eigenvalue weighted by Gasteiger charge is 2.15. The van der Waals surface area contributed by atoms with Gasteiger partial charge in [-0.2, -0.15) is 0 Å². The van der Waals surface area contributed by atoms with Gasteiger partial charge in [0.05, 0.1) is 11.6 Å². The van der Waals surface area contributed by atoms with Crippen LogP contribution in [0.15, 0.2) is 22.7 Å². The molecule has 2 rings (SSSR count). The number of nitrogens with one attached hydrogen (secondary N) is 2. The predicted molar refractivity (Wildman–Crippen MR) is 64.3 cm³/mol. The molecule has 15 heavy (non-hydrogen) atoms. The Kier molecular flexibility index (Phi) is 3.61. The van der Waals surface area contributed by atoms with Crippen LogP contribution in [-0.2, 0) is 0 Å². The van der Waals surface area contributed by atoms with Crippen LogP contribution in [0.25, 0.3) is 0 Å². The van der Waals surface area contributed by atoms with E-state index < -0.39 is 0 Å². The molecule has 0 spiro atoms. The van der Waals surface area contributed by atoms with E-state index in [2.05, 4.69) is 38.7 Å². The molecular formula is C11H15BrN2O. The fraction of sp³-hybridized carbons (Fsp3) is 0.455. The van der Waals surface area contributed by atoms with E-state index in [1.165, 1.54) is 5.56 Å². The highest BCUT2D eigenvalue weighted by Crippen LogP contribution is 2.28. The van der Waals surface area contributed by atoms with Crippen molar-refractivity contribution in [1.82, 2.24) is 10.6 Å². The van der Waals surface area contributed by atoms with Crippen LogP contribution in [0.5, 0.6) is 5.75 Å². The Morgan fingerprint density at radius 1 is 1.40 bits per heavy atom. The Morgan fingerprint density at radius 3 is 2.87 bits per heavy atom. The van der Waals surface area contributed by atoms with Gasteiger partial charge in [0.2, 0.25) is 0 Å². The van der Waals surface area contributed by atoms with Crippen LogP contribution in [0.1, 0.15) is 11.6 Å². The number of methoxy groups -OCH3 is 1. The minimum atomic E-state index is 0.404. The molecule has 1 aromatic rings. The van der Waals surface area contributed by atoms with E-state index in [0.717, 1.165) is 29.9 Å². The summed E-state index contributed by atoms with van der Waals surface area (Å²) in [5, 5.41) is 6.85. The molecule has 1 heterocycles. The third kappa shape index (κ3) is 2.51. The summed E-state index contributed by atoms with van der Waals surface area (Å²) in [6, 6.07) is 6.62. The van der Waals surface area contributed by atoms with Gasteiger partial charge in [0.15, 0.2) is 0 Å². The summed E-state index contributed by atoms with van der Waals surface area (Å²) in [5.74, 6) is 0.877. The summed E-state index contributed by atoms with van der Waals surface area (Å²) < 4.78 is 6.21. The molecule has 0 bridgehead atoms. The number of hydrogen-bond acceptors (Lipinski definition) is 3. The molecule has 0 aromatic heterocycles. The monoisotopic (exact) mass is 270 g/mol. The van der Waals surface area contributed by atoms with Crippen LogP contribution < -0.4 is 15.4 Å². The number of benzene rings is 1. The van der Waals surface area contributed by atoms with Crippen LogP contribution >= 0.6 is 15.9 Å². The maximum absolute atomic E-state index is 5.20. The predicted octanol–water partition coefficient (Wildman–Crippen LogP) is 1.69. The van der Waals surface area contributed by atoms with Gasteiger partial charge in [-0.15, -0.1) is 0 Å². The van der Waals surface area contributed by atoms with Crippen molar-refractivity contribution >= 4 is 15.9 Å². The Bertz CT molecular complexity index is 337. The number of ether oxygens (including phenoxy) is 1. The average Bonchev–Trinajstić information content (AvgIpc) is 2.30. The quantitative estimate of drug-likeness (QED) is 0.858. The first kappa shape index (κ1) is 10.9. The zero-order chi connectivity index (χ0) is 10.7. The molecule has 1 aliphatic heterocycles. The van der Waals surface area contributed by atoms with Gasteiger partial charge in [-0.05, 0) is 33.6 Å². The summed E-state index contributed by atoms with van der Waals surface area (Å²) >= 11 is 3.50. The van der Waals surface area contributed by atoms with E-state index in [0.29, 0.717) is 6.04 Å². The Balaban J connectivity index is 2.17. The highest BCUT2D eigenvalue weighted by atomic mass is 79.9. The highest BCUT2D eigenvalue weighted by molar-refractivity contribution is 9.10. The van der Waals surface area contributed by atoms with Gasteiger partial charge in [0.1, 0.15) is 5.75 Å². The topological polar surface area (TPSA) is 33.3 Å². The largest absolute Gasteiger partial charge is 0.496 e. The standard InChI is InChI=1S/C11H15BrN2O/c1-15-11-3-2-8(6-9(11)12)10-7-13-4-5-14-10/h2-3,6,10,13-14H,4-5,7H2,1H3/t10-/m1/s1. The number of piperazine rings is 1. The van der Waals surface area contributed by atoms with Crippen LogP contribution in [0.3, 0.4) is 0 Å². The van der Waals surface area contributed by atoms with Crippen molar-refractivity contribution in [3.63, 3.8) is 0 Å². The lowest BCUT2D eigenvalue weighted by molar-refractivity contribution is 0.409. The molecule has 3 nitrogen and oxygen atoms in total. The minimum Gasteiger partial charge on any atom is -0.496 e. The molecule has 1 saturated heterocycles. The van der Waals surface area contributed by atoms with E-state index in [4.69, 9.17) is 4.74 Å². The lowest BCUT2D eigenvalue weighted by Gasteiger charge is -2.25. The molecule has 1 fully saturated rings. The van der Waals surface area contributed by atoms with Gasteiger partial charge in [-0.1, -0.05) is 6.07 Å². The van der Waals surface area contributed by atoms with Gasteiger partial charge in [0.25, 0.3) is 0 Å². The molecule has 1 aromatic carbocycles.